The molecule has 0 saturated carbocycles. The molecule has 1 heterocycles. The number of esters is 1. The summed E-state index contributed by atoms with van der Waals surface area (Å²) in [6.45, 7) is 5.11. The number of rotatable bonds is 5. The normalized spacial score (nSPS) is 10.5. The van der Waals surface area contributed by atoms with Crippen LogP contribution in [-0.4, -0.2) is 24.9 Å². The van der Waals surface area contributed by atoms with E-state index in [1.807, 2.05) is 0 Å². The van der Waals surface area contributed by atoms with Crippen molar-refractivity contribution in [1.82, 2.24) is 0 Å². The predicted molar refractivity (Wildman–Crippen MR) is 103 cm³/mol. The molecule has 26 heavy (non-hydrogen) atoms. The van der Waals surface area contributed by atoms with Gasteiger partial charge in [-0.25, -0.2) is 4.79 Å². The van der Waals surface area contributed by atoms with E-state index in [0.717, 1.165) is 11.3 Å². The van der Waals surface area contributed by atoms with Crippen molar-refractivity contribution < 1.29 is 19.1 Å². The first-order valence-electron chi connectivity index (χ1n) is 7.84. The van der Waals surface area contributed by atoms with Crippen LogP contribution in [0, 0.1) is 12.8 Å². The van der Waals surface area contributed by atoms with Crippen LogP contribution in [0.2, 0.25) is 5.02 Å². The Morgan fingerprint density at radius 3 is 2.46 bits per heavy atom. The molecular formula is C18H19ClN2O4S. The van der Waals surface area contributed by atoms with Crippen molar-refractivity contribution in [1.29, 1.82) is 0 Å². The smallest absolute Gasteiger partial charge is 0.341 e. The number of amides is 2. The number of benzene rings is 1. The molecule has 8 heteroatoms. The van der Waals surface area contributed by atoms with Gasteiger partial charge in [-0.15, -0.1) is 11.3 Å². The third-order valence-corrected chi connectivity index (χ3v) is 5.03. The molecule has 0 unspecified atom stereocenters. The third-order valence-electron chi connectivity index (χ3n) is 3.59. The van der Waals surface area contributed by atoms with E-state index >= 15 is 0 Å². The van der Waals surface area contributed by atoms with Crippen LogP contribution in [0.5, 0.6) is 0 Å². The quantitative estimate of drug-likeness (QED) is 0.738. The van der Waals surface area contributed by atoms with Crippen molar-refractivity contribution in [2.24, 2.45) is 5.92 Å². The van der Waals surface area contributed by atoms with Crippen molar-refractivity contribution in [2.45, 2.75) is 20.8 Å². The number of carbonyl (C=O) groups is 3. The largest absolute Gasteiger partial charge is 0.465 e. The summed E-state index contributed by atoms with van der Waals surface area (Å²) in [5, 5.41) is 6.21. The van der Waals surface area contributed by atoms with Crippen molar-refractivity contribution >= 4 is 51.4 Å². The van der Waals surface area contributed by atoms with Gasteiger partial charge >= 0.3 is 5.97 Å². The minimum atomic E-state index is -0.611. The van der Waals surface area contributed by atoms with Gasteiger partial charge in [-0.3, -0.25) is 9.59 Å². The second-order valence-corrected chi connectivity index (χ2v) is 7.32. The van der Waals surface area contributed by atoms with Gasteiger partial charge in [0.2, 0.25) is 5.91 Å². The number of hydrogen-bond acceptors (Lipinski definition) is 5. The maximum atomic E-state index is 12.6. The molecule has 2 N–H and O–H groups in total. The Balaban J connectivity index is 2.39. The molecule has 0 aliphatic carbocycles. The lowest BCUT2D eigenvalue weighted by Crippen LogP contribution is -2.19. The number of ether oxygens (including phenoxy) is 1. The summed E-state index contributed by atoms with van der Waals surface area (Å²) in [6, 6.07) is 6.73. The van der Waals surface area contributed by atoms with Gasteiger partial charge in [0, 0.05) is 16.6 Å². The number of carbonyl (C=O) groups excluding carboxylic acids is 3. The second kappa shape index (κ2) is 8.33. The minimum Gasteiger partial charge on any atom is -0.465 e. The fourth-order valence-corrected chi connectivity index (χ4v) is 3.46. The molecular weight excluding hydrogens is 376 g/mol. The molecule has 0 bridgehead atoms. The Bertz CT molecular complexity index is 861. The Hall–Kier alpha value is -2.38. The van der Waals surface area contributed by atoms with Crippen LogP contribution in [0.4, 0.5) is 10.7 Å². The zero-order valence-corrected chi connectivity index (χ0v) is 16.4. The van der Waals surface area contributed by atoms with E-state index in [9.17, 15) is 14.4 Å². The molecule has 0 saturated heterocycles. The molecule has 2 rings (SSSR count). The standard InChI is InChI=1S/C18H19ClN2O4S/c1-9(2)15(22)21-17-13(18(24)25-4)10(3)14(26-17)16(23)20-12-7-5-6-11(19)8-12/h5-9H,1-4H3,(H,20,23)(H,21,22). The minimum absolute atomic E-state index is 0.183. The SMILES string of the molecule is COC(=O)c1c(NC(=O)C(C)C)sc(C(=O)Nc2cccc(Cl)c2)c1C. The predicted octanol–water partition coefficient (Wildman–Crippen LogP) is 4.34. The highest BCUT2D eigenvalue weighted by atomic mass is 35.5. The van der Waals surface area contributed by atoms with Crippen molar-refractivity contribution in [2.75, 3.05) is 17.7 Å². The summed E-state index contributed by atoms with van der Waals surface area (Å²) in [6.07, 6.45) is 0. The molecule has 6 nitrogen and oxygen atoms in total. The van der Waals surface area contributed by atoms with E-state index in [-0.39, 0.29) is 17.4 Å². The molecule has 138 valence electrons. The molecule has 0 aliphatic heterocycles. The van der Waals surface area contributed by atoms with Gasteiger partial charge in [-0.1, -0.05) is 31.5 Å². The van der Waals surface area contributed by atoms with Crippen molar-refractivity contribution in [3.63, 3.8) is 0 Å². The van der Waals surface area contributed by atoms with Crippen LogP contribution in [0.15, 0.2) is 24.3 Å². The number of nitrogens with one attached hydrogen (secondary N) is 2. The molecule has 0 radical (unpaired) electrons. The van der Waals surface area contributed by atoms with E-state index in [4.69, 9.17) is 16.3 Å². The first-order valence-corrected chi connectivity index (χ1v) is 9.03. The summed E-state index contributed by atoms with van der Waals surface area (Å²) in [5.74, 6) is -1.53. The molecule has 0 fully saturated rings. The molecule has 2 amide bonds. The van der Waals surface area contributed by atoms with E-state index in [2.05, 4.69) is 10.6 Å². The summed E-state index contributed by atoms with van der Waals surface area (Å²) in [5.41, 5.74) is 1.16. The molecule has 0 aliphatic rings. The fraction of sp³-hybridized carbons (Fsp3) is 0.278. The number of hydrogen-bond donors (Lipinski definition) is 2. The van der Waals surface area contributed by atoms with Gasteiger partial charge < -0.3 is 15.4 Å². The summed E-state index contributed by atoms with van der Waals surface area (Å²) >= 11 is 6.95. The lowest BCUT2D eigenvalue weighted by Gasteiger charge is -2.07. The van der Waals surface area contributed by atoms with Crippen LogP contribution >= 0.6 is 22.9 Å². The van der Waals surface area contributed by atoms with Gasteiger partial charge in [0.05, 0.1) is 17.6 Å². The summed E-state index contributed by atoms with van der Waals surface area (Å²) in [4.78, 5) is 37.1. The highest BCUT2D eigenvalue weighted by Gasteiger charge is 2.26. The van der Waals surface area contributed by atoms with Crippen LogP contribution in [0.25, 0.3) is 0 Å². The highest BCUT2D eigenvalue weighted by molar-refractivity contribution is 7.18. The summed E-state index contributed by atoms with van der Waals surface area (Å²) in [7, 11) is 1.25. The monoisotopic (exact) mass is 394 g/mol. The van der Waals surface area contributed by atoms with Crippen LogP contribution in [0.1, 0.15) is 39.4 Å². The Morgan fingerprint density at radius 2 is 1.88 bits per heavy atom. The number of thiophene rings is 1. The van der Waals surface area contributed by atoms with Gasteiger partial charge in [0.25, 0.3) is 5.91 Å². The highest BCUT2D eigenvalue weighted by Crippen LogP contribution is 2.34. The Morgan fingerprint density at radius 1 is 1.19 bits per heavy atom. The molecule has 1 aromatic carbocycles. The van der Waals surface area contributed by atoms with Gasteiger partial charge in [-0.2, -0.15) is 0 Å². The van der Waals surface area contributed by atoms with Gasteiger partial charge in [-0.05, 0) is 30.7 Å². The third kappa shape index (κ3) is 4.42. The zero-order valence-electron chi connectivity index (χ0n) is 14.8. The maximum absolute atomic E-state index is 12.6. The Kier molecular flexibility index (Phi) is 6.39. The van der Waals surface area contributed by atoms with Crippen molar-refractivity contribution in [3.05, 3.63) is 45.3 Å². The van der Waals surface area contributed by atoms with E-state index in [1.165, 1.54) is 7.11 Å². The molecule has 0 spiro atoms. The average molecular weight is 395 g/mol. The zero-order chi connectivity index (χ0) is 19.4. The lowest BCUT2D eigenvalue weighted by atomic mass is 10.1. The molecule has 2 aromatic rings. The van der Waals surface area contributed by atoms with Crippen LogP contribution < -0.4 is 10.6 Å². The van der Waals surface area contributed by atoms with E-state index < -0.39 is 11.9 Å². The van der Waals surface area contributed by atoms with Gasteiger partial charge in [0.1, 0.15) is 5.00 Å². The maximum Gasteiger partial charge on any atom is 0.341 e. The van der Waals surface area contributed by atoms with Crippen LogP contribution in [0.3, 0.4) is 0 Å². The number of methoxy groups -OCH3 is 1. The first kappa shape index (κ1) is 19.9. The second-order valence-electron chi connectivity index (χ2n) is 5.86. The Labute approximate surface area is 160 Å². The fourth-order valence-electron chi connectivity index (χ4n) is 2.18. The van der Waals surface area contributed by atoms with Crippen molar-refractivity contribution in [3.8, 4) is 0 Å². The summed E-state index contributed by atoms with van der Waals surface area (Å²) < 4.78 is 4.79. The van der Waals surface area contributed by atoms with E-state index in [0.29, 0.717) is 26.2 Å². The number of halogens is 1. The average Bonchev–Trinajstić information content (AvgIpc) is 2.90. The van der Waals surface area contributed by atoms with Crippen LogP contribution in [-0.2, 0) is 9.53 Å². The molecule has 0 atom stereocenters. The topological polar surface area (TPSA) is 84.5 Å². The first-order chi connectivity index (χ1) is 12.2. The molecule has 1 aromatic heterocycles. The van der Waals surface area contributed by atoms with E-state index in [1.54, 1.807) is 45.0 Å². The number of anilines is 2. The lowest BCUT2D eigenvalue weighted by molar-refractivity contribution is -0.118. The van der Waals surface area contributed by atoms with Gasteiger partial charge in [0.15, 0.2) is 0 Å².